The van der Waals surface area contributed by atoms with Gasteiger partial charge in [0.2, 0.25) is 0 Å². The highest BCUT2D eigenvalue weighted by Gasteiger charge is 2.45. The molecule has 4 rings (SSSR count). The van der Waals surface area contributed by atoms with Crippen LogP contribution >= 0.6 is 11.3 Å². The minimum absolute atomic E-state index is 0.0985. The number of carbonyl (C=O) groups is 1. The van der Waals surface area contributed by atoms with E-state index in [-0.39, 0.29) is 36.4 Å². The number of hydrogen-bond donors (Lipinski definition) is 0. The molecule has 2 aliphatic rings. The molecule has 0 bridgehead atoms. The Labute approximate surface area is 164 Å². The van der Waals surface area contributed by atoms with E-state index in [9.17, 15) is 18.0 Å². The molecule has 1 aromatic carbocycles. The SMILES string of the molecule is O=C(OCc1cscn1)N1C[C@H]2CC[C@@H](Oc3cccc(C(F)(F)F)c3)[C@H]2C1. The second-order valence-corrected chi connectivity index (χ2v) is 7.84. The van der Waals surface area contributed by atoms with Crippen LogP contribution in [0.1, 0.15) is 24.1 Å². The molecule has 2 aromatic rings. The Morgan fingerprint density at radius 1 is 1.29 bits per heavy atom. The standard InChI is InChI=1S/C19H19F3N2O3S/c20-19(21,22)13-2-1-3-15(6-13)27-17-5-4-12-7-24(8-16(12)17)18(25)26-9-14-10-28-11-23-14/h1-3,6,10-12,16-17H,4-5,7-9H2/t12-,16+,17-/m1/s1. The van der Waals surface area contributed by atoms with Crippen molar-refractivity contribution in [2.75, 3.05) is 13.1 Å². The molecule has 0 unspecified atom stereocenters. The molecule has 1 aliphatic heterocycles. The number of amides is 1. The van der Waals surface area contributed by atoms with Crippen LogP contribution in [-0.4, -0.2) is 35.2 Å². The van der Waals surface area contributed by atoms with Crippen LogP contribution in [0.25, 0.3) is 0 Å². The van der Waals surface area contributed by atoms with Gasteiger partial charge in [0.05, 0.1) is 16.8 Å². The average molecular weight is 412 g/mol. The number of thiazole rings is 1. The molecule has 1 amide bonds. The van der Waals surface area contributed by atoms with Crippen LogP contribution in [-0.2, 0) is 17.5 Å². The highest BCUT2D eigenvalue weighted by Crippen LogP contribution is 2.41. The van der Waals surface area contributed by atoms with Crippen molar-refractivity contribution in [3.63, 3.8) is 0 Å². The topological polar surface area (TPSA) is 51.7 Å². The molecule has 1 saturated heterocycles. The molecule has 3 atom stereocenters. The number of hydrogen-bond acceptors (Lipinski definition) is 5. The number of carbonyl (C=O) groups excluding carboxylic acids is 1. The minimum atomic E-state index is -4.40. The zero-order valence-electron chi connectivity index (χ0n) is 14.9. The maximum absolute atomic E-state index is 12.9. The van der Waals surface area contributed by atoms with Crippen molar-refractivity contribution >= 4 is 17.4 Å². The van der Waals surface area contributed by atoms with E-state index in [1.807, 2.05) is 5.38 Å². The molecule has 28 heavy (non-hydrogen) atoms. The van der Waals surface area contributed by atoms with Gasteiger partial charge in [-0.3, -0.25) is 0 Å². The molecule has 2 fully saturated rings. The summed E-state index contributed by atoms with van der Waals surface area (Å²) in [5.41, 5.74) is 1.67. The van der Waals surface area contributed by atoms with Gasteiger partial charge in [0.25, 0.3) is 0 Å². The van der Waals surface area contributed by atoms with Gasteiger partial charge in [0, 0.05) is 24.4 Å². The third kappa shape index (κ3) is 4.09. The van der Waals surface area contributed by atoms with E-state index >= 15 is 0 Å². The molecule has 0 spiro atoms. The van der Waals surface area contributed by atoms with Crippen LogP contribution in [0.2, 0.25) is 0 Å². The van der Waals surface area contributed by atoms with Gasteiger partial charge >= 0.3 is 12.3 Å². The fraction of sp³-hybridized carbons (Fsp3) is 0.474. The molecule has 2 heterocycles. The van der Waals surface area contributed by atoms with E-state index in [4.69, 9.17) is 9.47 Å². The van der Waals surface area contributed by atoms with Gasteiger partial charge in [-0.1, -0.05) is 6.07 Å². The first kappa shape index (κ1) is 19.0. The quantitative estimate of drug-likeness (QED) is 0.737. The second-order valence-electron chi connectivity index (χ2n) is 7.12. The number of ether oxygens (including phenoxy) is 2. The van der Waals surface area contributed by atoms with Crippen molar-refractivity contribution in [1.29, 1.82) is 0 Å². The third-order valence-electron chi connectivity index (χ3n) is 5.33. The van der Waals surface area contributed by atoms with Crippen LogP contribution in [0.4, 0.5) is 18.0 Å². The van der Waals surface area contributed by atoms with Crippen molar-refractivity contribution in [1.82, 2.24) is 9.88 Å². The summed E-state index contributed by atoms with van der Waals surface area (Å²) in [6.07, 6.45) is -3.34. The molecule has 1 aromatic heterocycles. The van der Waals surface area contributed by atoms with Gasteiger partial charge in [0.15, 0.2) is 0 Å². The van der Waals surface area contributed by atoms with Gasteiger partial charge < -0.3 is 14.4 Å². The van der Waals surface area contributed by atoms with Crippen LogP contribution in [0, 0.1) is 11.8 Å². The molecule has 1 aliphatic carbocycles. The summed E-state index contributed by atoms with van der Waals surface area (Å²) in [6.45, 7) is 1.21. The Hall–Kier alpha value is -2.29. The zero-order chi connectivity index (χ0) is 19.7. The van der Waals surface area contributed by atoms with Crippen molar-refractivity contribution in [2.24, 2.45) is 11.8 Å². The monoisotopic (exact) mass is 412 g/mol. The Kier molecular flexibility index (Phi) is 5.18. The number of benzene rings is 1. The number of fused-ring (bicyclic) bond motifs is 1. The summed E-state index contributed by atoms with van der Waals surface area (Å²) in [7, 11) is 0. The Bertz CT molecular complexity index is 828. The number of rotatable bonds is 4. The maximum atomic E-state index is 12.9. The predicted octanol–water partition coefficient (Wildman–Crippen LogP) is 4.59. The number of alkyl halides is 3. The number of aromatic nitrogens is 1. The first-order chi connectivity index (χ1) is 13.4. The lowest BCUT2D eigenvalue weighted by molar-refractivity contribution is -0.137. The summed E-state index contributed by atoms with van der Waals surface area (Å²) in [4.78, 5) is 18.0. The first-order valence-electron chi connectivity index (χ1n) is 9.03. The molecule has 1 saturated carbocycles. The van der Waals surface area contributed by atoms with Gasteiger partial charge in [-0.2, -0.15) is 13.2 Å². The van der Waals surface area contributed by atoms with E-state index < -0.39 is 11.7 Å². The van der Waals surface area contributed by atoms with Crippen molar-refractivity contribution in [2.45, 2.75) is 31.7 Å². The average Bonchev–Trinajstić information content (AvgIpc) is 3.38. The zero-order valence-corrected chi connectivity index (χ0v) is 15.7. The van der Waals surface area contributed by atoms with Crippen molar-refractivity contribution in [3.8, 4) is 5.75 Å². The highest BCUT2D eigenvalue weighted by molar-refractivity contribution is 7.07. The number of nitrogens with zero attached hydrogens (tertiary/aromatic N) is 2. The van der Waals surface area contributed by atoms with Crippen LogP contribution in [0.3, 0.4) is 0 Å². The van der Waals surface area contributed by atoms with Crippen molar-refractivity contribution < 1.29 is 27.4 Å². The Balaban J connectivity index is 1.35. The normalized spacial score (nSPS) is 24.2. The Morgan fingerprint density at radius 3 is 2.89 bits per heavy atom. The molecule has 5 nitrogen and oxygen atoms in total. The minimum Gasteiger partial charge on any atom is -0.490 e. The molecule has 0 N–H and O–H groups in total. The third-order valence-corrected chi connectivity index (χ3v) is 5.96. The Morgan fingerprint density at radius 2 is 2.14 bits per heavy atom. The lowest BCUT2D eigenvalue weighted by Crippen LogP contribution is -2.32. The highest BCUT2D eigenvalue weighted by atomic mass is 32.1. The smallest absolute Gasteiger partial charge is 0.416 e. The van der Waals surface area contributed by atoms with Gasteiger partial charge in [-0.05, 0) is 37.0 Å². The van der Waals surface area contributed by atoms with Crippen LogP contribution in [0.15, 0.2) is 35.2 Å². The summed E-state index contributed by atoms with van der Waals surface area (Å²) >= 11 is 1.44. The van der Waals surface area contributed by atoms with Gasteiger partial charge in [-0.25, -0.2) is 9.78 Å². The number of likely N-dealkylation sites (tertiary alicyclic amines) is 1. The van der Waals surface area contributed by atoms with Crippen molar-refractivity contribution in [3.05, 3.63) is 46.4 Å². The number of halogens is 3. The maximum Gasteiger partial charge on any atom is 0.416 e. The summed E-state index contributed by atoms with van der Waals surface area (Å²) in [5, 5.41) is 1.82. The largest absolute Gasteiger partial charge is 0.490 e. The second kappa shape index (κ2) is 7.62. The molecule has 9 heteroatoms. The molecule has 0 radical (unpaired) electrons. The summed E-state index contributed by atoms with van der Waals surface area (Å²) in [6, 6.07) is 4.95. The van der Waals surface area contributed by atoms with E-state index in [0.717, 1.165) is 25.0 Å². The first-order valence-corrected chi connectivity index (χ1v) is 9.97. The van der Waals surface area contributed by atoms with Crippen LogP contribution < -0.4 is 4.74 Å². The predicted molar refractivity (Wildman–Crippen MR) is 95.9 cm³/mol. The lowest BCUT2D eigenvalue weighted by atomic mass is 9.99. The van der Waals surface area contributed by atoms with E-state index in [1.165, 1.54) is 23.5 Å². The van der Waals surface area contributed by atoms with E-state index in [1.54, 1.807) is 10.4 Å². The fourth-order valence-corrected chi connectivity index (χ4v) is 4.51. The summed E-state index contributed by atoms with van der Waals surface area (Å²) < 4.78 is 49.9. The van der Waals surface area contributed by atoms with E-state index in [0.29, 0.717) is 18.8 Å². The van der Waals surface area contributed by atoms with Gasteiger partial charge in [0.1, 0.15) is 18.5 Å². The summed E-state index contributed by atoms with van der Waals surface area (Å²) in [5.74, 6) is 0.592. The van der Waals surface area contributed by atoms with Gasteiger partial charge in [-0.15, -0.1) is 11.3 Å². The fourth-order valence-electron chi connectivity index (χ4n) is 3.97. The molecular weight excluding hydrogens is 393 g/mol. The molecular formula is C19H19F3N2O3S. The van der Waals surface area contributed by atoms with E-state index in [2.05, 4.69) is 4.98 Å². The van der Waals surface area contributed by atoms with Crippen LogP contribution in [0.5, 0.6) is 5.75 Å². The molecule has 150 valence electrons. The lowest BCUT2D eigenvalue weighted by Gasteiger charge is -2.22.